The van der Waals surface area contributed by atoms with E-state index < -0.39 is 6.17 Å². The first-order valence-corrected chi connectivity index (χ1v) is 6.30. The minimum atomic E-state index is -0.816. The van der Waals surface area contributed by atoms with E-state index in [1.54, 1.807) is 6.20 Å². The molecule has 0 unspecified atom stereocenters. The van der Waals surface area contributed by atoms with Gasteiger partial charge in [0.25, 0.3) is 0 Å². The molecule has 3 heterocycles. The topological polar surface area (TPSA) is 52.7 Å². The van der Waals surface area contributed by atoms with Crippen LogP contribution >= 0.6 is 0 Å². The molecule has 2 aromatic rings. The van der Waals surface area contributed by atoms with Crippen LogP contribution in [0.3, 0.4) is 0 Å². The Hall–Kier alpha value is -1.62. The molecule has 0 saturated carbocycles. The third kappa shape index (κ3) is 2.06. The quantitative estimate of drug-likeness (QED) is 0.762. The predicted octanol–water partition coefficient (Wildman–Crippen LogP) is 2.06. The first-order chi connectivity index (χ1) is 8.74. The summed E-state index contributed by atoms with van der Waals surface area (Å²) in [6, 6.07) is 3.92. The average molecular weight is 248 g/mol. The van der Waals surface area contributed by atoms with Crippen LogP contribution in [0.4, 0.5) is 10.1 Å². The molecule has 3 N–H and O–H groups in total. The Bertz CT molecular complexity index is 539. The maximum absolute atomic E-state index is 14.0. The molecular formula is C13H17FN4. The zero-order valence-electron chi connectivity index (χ0n) is 10.3. The van der Waals surface area contributed by atoms with Gasteiger partial charge in [0.2, 0.25) is 0 Å². The van der Waals surface area contributed by atoms with Gasteiger partial charge in [-0.2, -0.15) is 0 Å². The predicted molar refractivity (Wildman–Crippen MR) is 70.5 cm³/mol. The number of hydrogen-bond donors (Lipinski definition) is 3. The van der Waals surface area contributed by atoms with Crippen LogP contribution in [0, 0.1) is 0 Å². The largest absolute Gasteiger partial charge is 0.377 e. The maximum atomic E-state index is 14.0. The molecule has 1 aliphatic rings. The van der Waals surface area contributed by atoms with Crippen LogP contribution in [0.15, 0.2) is 24.5 Å². The first-order valence-electron chi connectivity index (χ1n) is 6.30. The van der Waals surface area contributed by atoms with E-state index in [4.69, 9.17) is 0 Å². The van der Waals surface area contributed by atoms with Crippen LogP contribution in [-0.2, 0) is 0 Å². The van der Waals surface area contributed by atoms with Crippen molar-refractivity contribution in [1.29, 1.82) is 0 Å². The normalized spacial score (nSPS) is 28.4. The van der Waals surface area contributed by atoms with Gasteiger partial charge in [-0.1, -0.05) is 0 Å². The lowest BCUT2D eigenvalue weighted by atomic mass is 9.99. The molecule has 3 atom stereocenters. The van der Waals surface area contributed by atoms with Crippen molar-refractivity contribution in [3.8, 4) is 0 Å². The monoisotopic (exact) mass is 248 g/mol. The van der Waals surface area contributed by atoms with Crippen molar-refractivity contribution in [3.63, 3.8) is 0 Å². The van der Waals surface area contributed by atoms with Gasteiger partial charge in [-0.25, -0.2) is 9.37 Å². The summed E-state index contributed by atoms with van der Waals surface area (Å²) in [5.41, 5.74) is 1.76. The highest BCUT2D eigenvalue weighted by molar-refractivity contribution is 5.89. The Morgan fingerprint density at radius 3 is 3.17 bits per heavy atom. The smallest absolute Gasteiger partial charge is 0.139 e. The Morgan fingerprint density at radius 2 is 2.33 bits per heavy atom. The number of fused-ring (bicyclic) bond motifs is 1. The molecule has 2 aromatic heterocycles. The Morgan fingerprint density at radius 1 is 1.44 bits per heavy atom. The van der Waals surface area contributed by atoms with Crippen molar-refractivity contribution in [1.82, 2.24) is 15.3 Å². The molecule has 1 fully saturated rings. The highest BCUT2D eigenvalue weighted by Crippen LogP contribution is 2.23. The standard InChI is InChI=1S/C13H17FN4/c1-8-6-10(14)12(7-17-8)18-11-3-5-16-13-9(11)2-4-15-13/h2-5,8,10,12,17H,6-7H2,1H3,(H2,15,16,18)/t8-,10-,12-/m0/s1. The zero-order chi connectivity index (χ0) is 12.5. The second-order valence-corrected chi connectivity index (χ2v) is 4.91. The van der Waals surface area contributed by atoms with E-state index in [-0.39, 0.29) is 12.1 Å². The Kier molecular flexibility index (Phi) is 2.91. The molecule has 0 aromatic carbocycles. The zero-order valence-corrected chi connectivity index (χ0v) is 10.3. The molecule has 0 radical (unpaired) electrons. The number of piperidine rings is 1. The molecule has 0 amide bonds. The van der Waals surface area contributed by atoms with Crippen molar-refractivity contribution >= 4 is 16.7 Å². The molecule has 1 saturated heterocycles. The fraction of sp³-hybridized carbons (Fsp3) is 0.462. The van der Waals surface area contributed by atoms with Crippen molar-refractivity contribution in [2.24, 2.45) is 0 Å². The van der Waals surface area contributed by atoms with E-state index >= 15 is 0 Å². The van der Waals surface area contributed by atoms with Gasteiger partial charge in [0, 0.05) is 36.1 Å². The third-order valence-corrected chi connectivity index (χ3v) is 3.50. The molecule has 0 aliphatic carbocycles. The molecule has 3 rings (SSSR count). The van der Waals surface area contributed by atoms with Gasteiger partial charge in [0.1, 0.15) is 11.8 Å². The van der Waals surface area contributed by atoms with Crippen LogP contribution in [0.1, 0.15) is 13.3 Å². The van der Waals surface area contributed by atoms with Gasteiger partial charge < -0.3 is 15.6 Å². The van der Waals surface area contributed by atoms with Crippen molar-refractivity contribution < 1.29 is 4.39 Å². The number of pyridine rings is 1. The van der Waals surface area contributed by atoms with Crippen LogP contribution in [-0.4, -0.2) is 34.8 Å². The van der Waals surface area contributed by atoms with Crippen molar-refractivity contribution in [2.45, 2.75) is 31.6 Å². The number of aromatic amines is 1. The van der Waals surface area contributed by atoms with Crippen LogP contribution in [0.5, 0.6) is 0 Å². The minimum absolute atomic E-state index is 0.179. The van der Waals surface area contributed by atoms with Gasteiger partial charge in [-0.15, -0.1) is 0 Å². The highest BCUT2D eigenvalue weighted by Gasteiger charge is 2.28. The maximum Gasteiger partial charge on any atom is 0.139 e. The molecule has 1 aliphatic heterocycles. The fourth-order valence-electron chi connectivity index (χ4n) is 2.47. The van der Waals surface area contributed by atoms with E-state index in [2.05, 4.69) is 20.6 Å². The summed E-state index contributed by atoms with van der Waals surface area (Å²) in [5.74, 6) is 0. The Labute approximate surface area is 105 Å². The molecule has 18 heavy (non-hydrogen) atoms. The lowest BCUT2D eigenvalue weighted by Gasteiger charge is -2.32. The van der Waals surface area contributed by atoms with E-state index in [9.17, 15) is 4.39 Å². The number of aromatic nitrogens is 2. The lowest BCUT2D eigenvalue weighted by Crippen LogP contribution is -2.50. The second kappa shape index (κ2) is 4.57. The molecule has 4 nitrogen and oxygen atoms in total. The number of halogens is 1. The number of hydrogen-bond acceptors (Lipinski definition) is 3. The van der Waals surface area contributed by atoms with Gasteiger partial charge in [0.15, 0.2) is 0 Å². The summed E-state index contributed by atoms with van der Waals surface area (Å²) >= 11 is 0. The summed E-state index contributed by atoms with van der Waals surface area (Å²) in [6.07, 6.45) is 3.31. The minimum Gasteiger partial charge on any atom is -0.377 e. The van der Waals surface area contributed by atoms with E-state index in [0.29, 0.717) is 13.0 Å². The lowest BCUT2D eigenvalue weighted by molar-refractivity contribution is 0.211. The summed E-state index contributed by atoms with van der Waals surface area (Å²) in [7, 11) is 0. The second-order valence-electron chi connectivity index (χ2n) is 4.91. The summed E-state index contributed by atoms with van der Waals surface area (Å²) in [4.78, 5) is 7.28. The summed E-state index contributed by atoms with van der Waals surface area (Å²) in [5, 5.41) is 7.58. The Balaban J connectivity index is 1.82. The van der Waals surface area contributed by atoms with Gasteiger partial charge in [-0.3, -0.25) is 0 Å². The van der Waals surface area contributed by atoms with Crippen LogP contribution < -0.4 is 10.6 Å². The van der Waals surface area contributed by atoms with Crippen molar-refractivity contribution in [3.05, 3.63) is 24.5 Å². The van der Waals surface area contributed by atoms with E-state index in [1.165, 1.54) is 0 Å². The average Bonchev–Trinajstić information content (AvgIpc) is 2.82. The first kappa shape index (κ1) is 11.5. The molecular weight excluding hydrogens is 231 g/mol. The molecule has 0 bridgehead atoms. The molecule has 5 heteroatoms. The summed E-state index contributed by atoms with van der Waals surface area (Å²) in [6.45, 7) is 2.66. The number of alkyl halides is 1. The number of rotatable bonds is 2. The highest BCUT2D eigenvalue weighted by atomic mass is 19.1. The fourth-order valence-corrected chi connectivity index (χ4v) is 2.47. The van der Waals surface area contributed by atoms with Crippen LogP contribution in [0.2, 0.25) is 0 Å². The summed E-state index contributed by atoms with van der Waals surface area (Å²) < 4.78 is 14.0. The number of nitrogens with zero attached hydrogens (tertiary/aromatic N) is 1. The number of nitrogens with one attached hydrogen (secondary N) is 3. The van der Waals surface area contributed by atoms with Gasteiger partial charge >= 0.3 is 0 Å². The third-order valence-electron chi connectivity index (χ3n) is 3.50. The number of H-pyrrole nitrogens is 1. The van der Waals surface area contributed by atoms with E-state index in [0.717, 1.165) is 16.7 Å². The molecule has 96 valence electrons. The molecule has 0 spiro atoms. The van der Waals surface area contributed by atoms with Gasteiger partial charge in [-0.05, 0) is 25.5 Å². The van der Waals surface area contributed by atoms with E-state index in [1.807, 2.05) is 25.3 Å². The number of anilines is 1. The van der Waals surface area contributed by atoms with Crippen LogP contribution in [0.25, 0.3) is 11.0 Å². The van der Waals surface area contributed by atoms with Gasteiger partial charge in [0.05, 0.1) is 6.04 Å². The van der Waals surface area contributed by atoms with Crippen molar-refractivity contribution in [2.75, 3.05) is 11.9 Å². The SMILES string of the molecule is C[C@H]1C[C@H](F)[C@@H](Nc2ccnc3[nH]ccc23)CN1.